The molecule has 0 amide bonds. The first-order chi connectivity index (χ1) is 36.6. The van der Waals surface area contributed by atoms with E-state index in [1.807, 2.05) is 0 Å². The zero-order chi connectivity index (χ0) is 49.0. The molecule has 0 aliphatic rings. The lowest BCUT2D eigenvalue weighted by Crippen LogP contribution is -1.96. The molecule has 0 saturated heterocycles. The van der Waals surface area contributed by atoms with Crippen molar-refractivity contribution >= 4 is 53.9 Å². The van der Waals surface area contributed by atoms with Crippen molar-refractivity contribution < 1.29 is 0 Å². The SMILES string of the molecule is c1ccc2cc(-c3cc(-c4ccc5ccccc5c4)nc(-c4ccc(-c5cccc6c(-c7ccc(-c8nc(-c9ccc%10ccccc%10c9)cc(-c9ccc%10ccccc%10c9)n8)cc7)cccc56)cc4)n3)ccc2c1. The highest BCUT2D eigenvalue weighted by Crippen LogP contribution is 2.38. The van der Waals surface area contributed by atoms with Crippen LogP contribution in [0, 0.1) is 0 Å². The van der Waals surface area contributed by atoms with Crippen molar-refractivity contribution in [2.24, 2.45) is 0 Å². The molecule has 0 bridgehead atoms. The highest BCUT2D eigenvalue weighted by Gasteiger charge is 2.16. The van der Waals surface area contributed by atoms with Crippen molar-refractivity contribution in [3.63, 3.8) is 0 Å². The van der Waals surface area contributed by atoms with Gasteiger partial charge in [-0.1, -0.05) is 231 Å². The first-order valence-electron chi connectivity index (χ1n) is 25.1. The Morgan fingerprint density at radius 3 is 0.730 bits per heavy atom. The fraction of sp³-hybridized carbons (Fsp3) is 0. The minimum absolute atomic E-state index is 0.685. The van der Waals surface area contributed by atoms with Crippen LogP contribution in [0.25, 0.3) is 144 Å². The summed E-state index contributed by atoms with van der Waals surface area (Å²) in [6.45, 7) is 0. The van der Waals surface area contributed by atoms with Gasteiger partial charge >= 0.3 is 0 Å². The van der Waals surface area contributed by atoms with Gasteiger partial charge in [0, 0.05) is 33.4 Å². The molecule has 4 heteroatoms. The molecule has 2 heterocycles. The number of nitrogens with zero attached hydrogens (tertiary/aromatic N) is 4. The molecule has 0 atom stereocenters. The average molecular weight is 941 g/mol. The summed E-state index contributed by atoms with van der Waals surface area (Å²) in [5.41, 5.74) is 14.2. The van der Waals surface area contributed by atoms with Crippen LogP contribution >= 0.6 is 0 Å². The molecule has 14 aromatic rings. The summed E-state index contributed by atoms with van der Waals surface area (Å²) in [7, 11) is 0. The monoisotopic (exact) mass is 940 g/mol. The van der Waals surface area contributed by atoms with E-state index in [0.717, 1.165) is 78.4 Å². The van der Waals surface area contributed by atoms with Crippen molar-refractivity contribution in [1.82, 2.24) is 19.9 Å². The summed E-state index contributed by atoms with van der Waals surface area (Å²) in [6.07, 6.45) is 0. The van der Waals surface area contributed by atoms with Crippen LogP contribution < -0.4 is 0 Å². The molecular formula is C70H44N4. The fourth-order valence-corrected chi connectivity index (χ4v) is 10.5. The minimum atomic E-state index is 0.685. The lowest BCUT2D eigenvalue weighted by molar-refractivity contribution is 1.18. The lowest BCUT2D eigenvalue weighted by atomic mass is 9.92. The molecule has 344 valence electrons. The lowest BCUT2D eigenvalue weighted by Gasteiger charge is -2.13. The number of rotatable bonds is 8. The third-order valence-electron chi connectivity index (χ3n) is 14.5. The minimum Gasteiger partial charge on any atom is -0.228 e. The predicted octanol–water partition coefficient (Wildman–Crippen LogP) is 18.4. The van der Waals surface area contributed by atoms with Gasteiger partial charge in [-0.15, -0.1) is 0 Å². The smallest absolute Gasteiger partial charge is 0.160 e. The quantitative estimate of drug-likeness (QED) is 0.152. The van der Waals surface area contributed by atoms with E-state index in [2.05, 4.69) is 267 Å². The molecule has 0 aliphatic carbocycles. The van der Waals surface area contributed by atoms with Gasteiger partial charge in [0.1, 0.15) is 0 Å². The summed E-state index contributed by atoms with van der Waals surface area (Å²) in [5.74, 6) is 1.37. The first-order valence-corrected chi connectivity index (χ1v) is 25.1. The van der Waals surface area contributed by atoms with Crippen LogP contribution in [0.4, 0.5) is 0 Å². The van der Waals surface area contributed by atoms with Gasteiger partial charge in [-0.2, -0.15) is 0 Å². The number of benzene rings is 12. The standard InChI is InChI=1S/C70H44N4/c1-5-15-53-39-57(35-23-45(53)11-1)65-43-66(58-36-24-46-12-2-6-16-54(46)40-58)72-69(71-65)51-31-27-49(28-32-51)61-19-9-22-64-62(20-10-21-63(61)64)50-29-33-52(34-30-50)70-73-67(59-37-25-47-13-3-7-17-55(47)41-59)44-68(74-70)60-38-26-48-14-4-8-18-56(48)42-60/h1-44H. The second kappa shape index (κ2) is 18.1. The van der Waals surface area contributed by atoms with Crippen molar-refractivity contribution in [3.8, 4) is 90.1 Å². The third kappa shape index (κ3) is 8.01. The summed E-state index contributed by atoms with van der Waals surface area (Å²) >= 11 is 0. The van der Waals surface area contributed by atoms with Crippen molar-refractivity contribution in [2.45, 2.75) is 0 Å². The van der Waals surface area contributed by atoms with E-state index in [1.165, 1.54) is 53.9 Å². The van der Waals surface area contributed by atoms with Crippen molar-refractivity contribution in [2.75, 3.05) is 0 Å². The van der Waals surface area contributed by atoms with Gasteiger partial charge < -0.3 is 0 Å². The summed E-state index contributed by atoms with van der Waals surface area (Å²) in [5, 5.41) is 11.9. The van der Waals surface area contributed by atoms with Gasteiger partial charge in [-0.3, -0.25) is 0 Å². The van der Waals surface area contributed by atoms with Crippen LogP contribution in [0.2, 0.25) is 0 Å². The maximum Gasteiger partial charge on any atom is 0.160 e. The Kier molecular flexibility index (Phi) is 10.5. The van der Waals surface area contributed by atoms with E-state index < -0.39 is 0 Å². The van der Waals surface area contributed by atoms with Crippen LogP contribution in [0.5, 0.6) is 0 Å². The Hall–Kier alpha value is -9.90. The Bertz CT molecular complexity index is 4000. The Labute approximate surface area is 428 Å². The zero-order valence-electron chi connectivity index (χ0n) is 40.2. The molecule has 0 spiro atoms. The number of aromatic nitrogens is 4. The van der Waals surface area contributed by atoms with Crippen molar-refractivity contribution in [3.05, 3.63) is 267 Å². The second-order valence-electron chi connectivity index (χ2n) is 19.0. The molecule has 14 rings (SSSR count). The zero-order valence-corrected chi connectivity index (χ0v) is 40.2. The molecule has 0 aliphatic heterocycles. The Morgan fingerprint density at radius 2 is 0.432 bits per heavy atom. The van der Waals surface area contributed by atoms with E-state index in [1.54, 1.807) is 0 Å². The molecule has 0 fully saturated rings. The Balaban J connectivity index is 0.805. The van der Waals surface area contributed by atoms with Gasteiger partial charge in [0.05, 0.1) is 22.8 Å². The molecule has 0 radical (unpaired) electrons. The maximum absolute atomic E-state index is 5.23. The molecule has 74 heavy (non-hydrogen) atoms. The first kappa shape index (κ1) is 42.9. The highest BCUT2D eigenvalue weighted by molar-refractivity contribution is 6.05. The molecule has 2 aromatic heterocycles. The van der Waals surface area contributed by atoms with Gasteiger partial charge in [0.15, 0.2) is 11.6 Å². The predicted molar refractivity (Wildman–Crippen MR) is 309 cm³/mol. The van der Waals surface area contributed by atoms with Crippen molar-refractivity contribution in [1.29, 1.82) is 0 Å². The fourth-order valence-electron chi connectivity index (χ4n) is 10.5. The van der Waals surface area contributed by atoms with Gasteiger partial charge in [-0.25, -0.2) is 19.9 Å². The topological polar surface area (TPSA) is 51.6 Å². The van der Waals surface area contributed by atoms with Crippen LogP contribution in [-0.4, -0.2) is 19.9 Å². The highest BCUT2D eigenvalue weighted by atomic mass is 14.9. The van der Waals surface area contributed by atoms with Gasteiger partial charge in [-0.05, 0) is 113 Å². The third-order valence-corrected chi connectivity index (χ3v) is 14.5. The van der Waals surface area contributed by atoms with E-state index >= 15 is 0 Å². The molecule has 4 nitrogen and oxygen atoms in total. The van der Waals surface area contributed by atoms with E-state index in [4.69, 9.17) is 19.9 Å². The normalized spacial score (nSPS) is 11.5. The van der Waals surface area contributed by atoms with Gasteiger partial charge in [0.25, 0.3) is 0 Å². The summed E-state index contributed by atoms with van der Waals surface area (Å²) < 4.78 is 0. The molecular weight excluding hydrogens is 897 g/mol. The van der Waals surface area contributed by atoms with Crippen LogP contribution in [0.1, 0.15) is 0 Å². The average Bonchev–Trinajstić information content (AvgIpc) is 3.48. The summed E-state index contributed by atoms with van der Waals surface area (Å²) in [4.78, 5) is 20.9. The van der Waals surface area contributed by atoms with E-state index in [0.29, 0.717) is 11.6 Å². The summed E-state index contributed by atoms with van der Waals surface area (Å²) in [6, 6.07) is 94.9. The Morgan fingerprint density at radius 1 is 0.176 bits per heavy atom. The van der Waals surface area contributed by atoms with Crippen LogP contribution in [0.15, 0.2) is 267 Å². The number of hydrogen-bond donors (Lipinski definition) is 0. The van der Waals surface area contributed by atoms with Crippen LogP contribution in [-0.2, 0) is 0 Å². The second-order valence-corrected chi connectivity index (χ2v) is 19.0. The van der Waals surface area contributed by atoms with Gasteiger partial charge in [0.2, 0.25) is 0 Å². The van der Waals surface area contributed by atoms with E-state index in [-0.39, 0.29) is 0 Å². The number of hydrogen-bond acceptors (Lipinski definition) is 4. The maximum atomic E-state index is 5.23. The number of fused-ring (bicyclic) bond motifs is 5. The molecule has 0 unspecified atom stereocenters. The van der Waals surface area contributed by atoms with E-state index in [9.17, 15) is 0 Å². The molecule has 0 saturated carbocycles. The van der Waals surface area contributed by atoms with Crippen LogP contribution in [0.3, 0.4) is 0 Å². The largest absolute Gasteiger partial charge is 0.228 e. The molecule has 0 N–H and O–H groups in total. The molecule has 12 aromatic carbocycles.